The van der Waals surface area contributed by atoms with E-state index in [1.54, 1.807) is 12.1 Å². The summed E-state index contributed by atoms with van der Waals surface area (Å²) in [4.78, 5) is 10.2. The number of aliphatic hydroxyl groups is 1. The van der Waals surface area contributed by atoms with Crippen molar-refractivity contribution in [1.82, 2.24) is 0 Å². The van der Waals surface area contributed by atoms with Crippen LogP contribution in [0.25, 0.3) is 0 Å². The molecule has 2 saturated carbocycles. The van der Waals surface area contributed by atoms with Crippen molar-refractivity contribution in [3.63, 3.8) is 0 Å². The van der Waals surface area contributed by atoms with Crippen molar-refractivity contribution in [3.8, 4) is 0 Å². The van der Waals surface area contributed by atoms with Crippen molar-refractivity contribution in [1.29, 1.82) is 0 Å². The first-order valence-electron chi connectivity index (χ1n) is 7.53. The highest BCUT2D eigenvalue weighted by molar-refractivity contribution is 5.33. The Morgan fingerprint density at radius 1 is 1.25 bits per heavy atom. The molecule has 4 unspecified atom stereocenters. The van der Waals surface area contributed by atoms with Gasteiger partial charge in [0.25, 0.3) is 5.69 Å². The van der Waals surface area contributed by atoms with Gasteiger partial charge in [-0.1, -0.05) is 18.6 Å². The highest BCUT2D eigenvalue weighted by Gasteiger charge is 2.39. The number of nitrogens with zero attached hydrogens (tertiary/aromatic N) is 1. The number of fused-ring (bicyclic) bond motifs is 2. The van der Waals surface area contributed by atoms with Crippen molar-refractivity contribution in [2.45, 2.75) is 44.6 Å². The van der Waals surface area contributed by atoms with Crippen LogP contribution in [-0.2, 0) is 6.42 Å². The van der Waals surface area contributed by atoms with Gasteiger partial charge in [-0.15, -0.1) is 0 Å². The molecule has 0 radical (unpaired) electrons. The molecule has 20 heavy (non-hydrogen) atoms. The van der Waals surface area contributed by atoms with E-state index < -0.39 is 4.92 Å². The molecular weight excluding hydrogens is 254 g/mol. The Balaban J connectivity index is 1.53. The van der Waals surface area contributed by atoms with Crippen LogP contribution in [0.4, 0.5) is 5.69 Å². The van der Waals surface area contributed by atoms with Crippen LogP contribution >= 0.6 is 0 Å². The monoisotopic (exact) mass is 275 g/mol. The van der Waals surface area contributed by atoms with E-state index in [-0.39, 0.29) is 11.8 Å². The molecular formula is C16H21NO3. The van der Waals surface area contributed by atoms with Crippen molar-refractivity contribution in [2.75, 3.05) is 0 Å². The maximum atomic E-state index is 10.6. The van der Waals surface area contributed by atoms with Gasteiger partial charge in [0, 0.05) is 12.1 Å². The molecule has 4 atom stereocenters. The molecule has 4 nitrogen and oxygen atoms in total. The first kappa shape index (κ1) is 13.6. The Bertz CT molecular complexity index is 485. The fraction of sp³-hybridized carbons (Fsp3) is 0.625. The quantitative estimate of drug-likeness (QED) is 0.662. The Morgan fingerprint density at radius 3 is 2.55 bits per heavy atom. The summed E-state index contributed by atoms with van der Waals surface area (Å²) < 4.78 is 0. The molecule has 0 aromatic heterocycles. The lowest BCUT2D eigenvalue weighted by Crippen LogP contribution is -2.20. The molecule has 0 heterocycles. The van der Waals surface area contributed by atoms with Gasteiger partial charge in [0.1, 0.15) is 0 Å². The number of benzene rings is 1. The first-order valence-corrected chi connectivity index (χ1v) is 7.53. The van der Waals surface area contributed by atoms with Gasteiger partial charge in [0.15, 0.2) is 0 Å². The smallest absolute Gasteiger partial charge is 0.269 e. The van der Waals surface area contributed by atoms with Gasteiger partial charge in [-0.05, 0) is 55.4 Å². The molecule has 2 aliphatic rings. The zero-order valence-electron chi connectivity index (χ0n) is 11.6. The summed E-state index contributed by atoms with van der Waals surface area (Å²) in [5.41, 5.74) is 1.09. The lowest BCUT2D eigenvalue weighted by Gasteiger charge is -2.24. The summed E-state index contributed by atoms with van der Waals surface area (Å²) in [6.45, 7) is 0. The van der Waals surface area contributed by atoms with Gasteiger partial charge in [-0.25, -0.2) is 0 Å². The zero-order valence-corrected chi connectivity index (χ0v) is 11.6. The van der Waals surface area contributed by atoms with E-state index in [0.717, 1.165) is 23.8 Å². The number of nitro benzene ring substituents is 1. The van der Waals surface area contributed by atoms with Gasteiger partial charge in [-0.2, -0.15) is 0 Å². The largest absolute Gasteiger partial charge is 0.393 e. The van der Waals surface area contributed by atoms with Crippen molar-refractivity contribution < 1.29 is 10.0 Å². The first-order chi connectivity index (χ1) is 9.61. The van der Waals surface area contributed by atoms with Crippen LogP contribution in [0.3, 0.4) is 0 Å². The highest BCUT2D eigenvalue weighted by atomic mass is 16.6. The predicted molar refractivity (Wildman–Crippen MR) is 76.4 cm³/mol. The van der Waals surface area contributed by atoms with Gasteiger partial charge < -0.3 is 5.11 Å². The zero-order chi connectivity index (χ0) is 14.1. The Labute approximate surface area is 119 Å². The van der Waals surface area contributed by atoms with Gasteiger partial charge >= 0.3 is 0 Å². The second kappa shape index (κ2) is 5.52. The number of aliphatic hydroxyl groups excluding tert-OH is 1. The fourth-order valence-electron chi connectivity index (χ4n) is 4.12. The summed E-state index contributed by atoms with van der Waals surface area (Å²) in [6.07, 6.45) is 6.57. The molecule has 0 saturated heterocycles. The minimum absolute atomic E-state index is 0.108. The van der Waals surface area contributed by atoms with E-state index in [4.69, 9.17) is 0 Å². The molecule has 2 aliphatic carbocycles. The summed E-state index contributed by atoms with van der Waals surface area (Å²) in [7, 11) is 0. The normalized spacial score (nSPS) is 29.6. The Morgan fingerprint density at radius 2 is 2.00 bits per heavy atom. The maximum absolute atomic E-state index is 10.6. The van der Waals surface area contributed by atoms with Crippen LogP contribution in [0.2, 0.25) is 0 Å². The second-order valence-electron chi connectivity index (χ2n) is 6.45. The molecule has 2 fully saturated rings. The second-order valence-corrected chi connectivity index (χ2v) is 6.45. The lowest BCUT2D eigenvalue weighted by molar-refractivity contribution is -0.384. The van der Waals surface area contributed by atoms with Crippen molar-refractivity contribution in [3.05, 3.63) is 39.9 Å². The minimum Gasteiger partial charge on any atom is -0.393 e. The van der Waals surface area contributed by atoms with Gasteiger partial charge in [0.2, 0.25) is 0 Å². The molecule has 108 valence electrons. The summed E-state index contributed by atoms with van der Waals surface area (Å²) in [5.74, 6) is 2.45. The van der Waals surface area contributed by atoms with Crippen LogP contribution in [0.1, 0.15) is 37.7 Å². The number of rotatable bonds is 5. The van der Waals surface area contributed by atoms with E-state index in [1.807, 2.05) is 0 Å². The summed E-state index contributed by atoms with van der Waals surface area (Å²) in [6, 6.07) is 6.53. The summed E-state index contributed by atoms with van der Waals surface area (Å²) in [5, 5.41) is 20.8. The van der Waals surface area contributed by atoms with E-state index >= 15 is 0 Å². The molecule has 0 amide bonds. The third-order valence-electron chi connectivity index (χ3n) is 5.08. The number of hydrogen-bond acceptors (Lipinski definition) is 3. The molecule has 4 heteroatoms. The molecule has 1 N–H and O–H groups in total. The average Bonchev–Trinajstić information content (AvgIpc) is 3.01. The molecule has 1 aromatic rings. The van der Waals surface area contributed by atoms with E-state index in [1.165, 1.54) is 37.8 Å². The van der Waals surface area contributed by atoms with Crippen LogP contribution in [-0.4, -0.2) is 16.1 Å². The third kappa shape index (κ3) is 2.85. The van der Waals surface area contributed by atoms with Crippen molar-refractivity contribution in [2.24, 2.45) is 17.8 Å². The van der Waals surface area contributed by atoms with E-state index in [9.17, 15) is 15.2 Å². The Kier molecular flexibility index (Phi) is 3.74. The standard InChI is InChI=1S/C16H21NO3/c18-16(10-14-8-12-1-4-13(14)7-12)9-11-2-5-15(6-3-11)17(19)20/h2-3,5-6,12-14,16,18H,1,4,7-10H2. The SMILES string of the molecule is O=[N+]([O-])c1ccc(CC(O)CC2CC3CCC2C3)cc1. The van der Waals surface area contributed by atoms with Gasteiger partial charge in [-0.3, -0.25) is 10.1 Å². The van der Waals surface area contributed by atoms with Gasteiger partial charge in [0.05, 0.1) is 11.0 Å². The number of non-ortho nitro benzene ring substituents is 1. The van der Waals surface area contributed by atoms with Crippen LogP contribution < -0.4 is 0 Å². The van der Waals surface area contributed by atoms with Crippen LogP contribution in [0.15, 0.2) is 24.3 Å². The average molecular weight is 275 g/mol. The molecule has 1 aromatic carbocycles. The molecule has 3 rings (SSSR count). The molecule has 2 bridgehead atoms. The third-order valence-corrected chi connectivity index (χ3v) is 5.08. The maximum Gasteiger partial charge on any atom is 0.269 e. The predicted octanol–water partition coefficient (Wildman–Crippen LogP) is 3.32. The Hall–Kier alpha value is -1.42. The number of hydrogen-bond donors (Lipinski definition) is 1. The molecule has 0 aliphatic heterocycles. The lowest BCUT2D eigenvalue weighted by atomic mass is 9.84. The van der Waals surface area contributed by atoms with Crippen LogP contribution in [0.5, 0.6) is 0 Å². The summed E-state index contributed by atoms with van der Waals surface area (Å²) >= 11 is 0. The molecule has 0 spiro atoms. The van der Waals surface area contributed by atoms with E-state index in [0.29, 0.717) is 12.3 Å². The highest BCUT2D eigenvalue weighted by Crippen LogP contribution is 2.49. The van der Waals surface area contributed by atoms with Crippen molar-refractivity contribution >= 4 is 5.69 Å². The van der Waals surface area contributed by atoms with E-state index in [2.05, 4.69) is 0 Å². The minimum atomic E-state index is -0.393. The topological polar surface area (TPSA) is 63.4 Å². The fourth-order valence-corrected chi connectivity index (χ4v) is 4.12. The van der Waals surface area contributed by atoms with Crippen LogP contribution in [0, 0.1) is 27.9 Å². The number of nitro groups is 1.